The third kappa shape index (κ3) is 1.78. The summed E-state index contributed by atoms with van der Waals surface area (Å²) in [6, 6.07) is 4.66. The Morgan fingerprint density at radius 1 is 1.62 bits per heavy atom. The summed E-state index contributed by atoms with van der Waals surface area (Å²) in [6.07, 6.45) is 4.40. The van der Waals surface area contributed by atoms with Gasteiger partial charge >= 0.3 is 0 Å². The van der Waals surface area contributed by atoms with Crippen molar-refractivity contribution in [3.63, 3.8) is 0 Å². The smallest absolute Gasteiger partial charge is 0.132 e. The van der Waals surface area contributed by atoms with Gasteiger partial charge in [0.2, 0.25) is 0 Å². The number of hydrogen-bond donors (Lipinski definition) is 0. The van der Waals surface area contributed by atoms with Crippen LogP contribution in [-0.4, -0.2) is 18.1 Å². The average molecular weight is 197 g/mol. The second-order valence-corrected chi connectivity index (χ2v) is 3.73. The van der Waals surface area contributed by atoms with Gasteiger partial charge in [0.1, 0.15) is 5.82 Å². The van der Waals surface area contributed by atoms with Crippen LogP contribution in [0, 0.1) is 0 Å². The van der Waals surface area contributed by atoms with E-state index in [1.165, 1.54) is 12.8 Å². The molecule has 1 aromatic rings. The zero-order valence-electron chi connectivity index (χ0n) is 7.70. The lowest BCUT2D eigenvalue weighted by molar-refractivity contribution is 0.883. The van der Waals surface area contributed by atoms with E-state index >= 15 is 0 Å². The number of nitrogens with zero attached hydrogens (tertiary/aromatic N) is 2. The Kier molecular flexibility index (Phi) is 2.40. The van der Waals surface area contributed by atoms with Crippen molar-refractivity contribution < 1.29 is 0 Å². The largest absolute Gasteiger partial charge is 0.356 e. The first-order valence-corrected chi connectivity index (χ1v) is 5.09. The van der Waals surface area contributed by atoms with Gasteiger partial charge in [-0.15, -0.1) is 11.6 Å². The molecule has 0 atom stereocenters. The number of anilines is 1. The monoisotopic (exact) mass is 196 g/mol. The van der Waals surface area contributed by atoms with Crippen LogP contribution < -0.4 is 4.90 Å². The maximum Gasteiger partial charge on any atom is 0.132 e. The van der Waals surface area contributed by atoms with E-state index in [-0.39, 0.29) is 0 Å². The van der Waals surface area contributed by atoms with Gasteiger partial charge in [-0.1, -0.05) is 6.07 Å². The van der Waals surface area contributed by atoms with Gasteiger partial charge in [0.15, 0.2) is 0 Å². The van der Waals surface area contributed by atoms with Gasteiger partial charge in [0.05, 0.1) is 5.88 Å². The second kappa shape index (κ2) is 3.54. The zero-order valence-corrected chi connectivity index (χ0v) is 8.46. The molecule has 70 valence electrons. The molecule has 0 saturated heterocycles. The van der Waals surface area contributed by atoms with Crippen molar-refractivity contribution in [2.75, 3.05) is 11.9 Å². The van der Waals surface area contributed by atoms with Crippen molar-refractivity contribution in [2.45, 2.75) is 24.8 Å². The summed E-state index contributed by atoms with van der Waals surface area (Å²) < 4.78 is 0. The molecule has 1 aliphatic rings. The van der Waals surface area contributed by atoms with Crippen molar-refractivity contribution in [1.82, 2.24) is 4.98 Å². The highest BCUT2D eigenvalue weighted by Crippen LogP contribution is 2.30. The Balaban J connectivity index is 2.26. The third-order valence-electron chi connectivity index (χ3n) is 2.44. The van der Waals surface area contributed by atoms with Crippen LogP contribution in [-0.2, 0) is 5.88 Å². The quantitative estimate of drug-likeness (QED) is 0.691. The molecule has 0 spiro atoms. The number of hydrogen-bond acceptors (Lipinski definition) is 2. The molecule has 1 fully saturated rings. The molecule has 13 heavy (non-hydrogen) atoms. The number of rotatable bonds is 3. The Hall–Kier alpha value is -0.760. The van der Waals surface area contributed by atoms with Gasteiger partial charge in [0, 0.05) is 24.8 Å². The van der Waals surface area contributed by atoms with Crippen LogP contribution in [0.25, 0.3) is 0 Å². The summed E-state index contributed by atoms with van der Waals surface area (Å²) in [6.45, 7) is 0. The topological polar surface area (TPSA) is 16.1 Å². The highest BCUT2D eigenvalue weighted by atomic mass is 35.5. The molecule has 1 saturated carbocycles. The normalized spacial score (nSPS) is 15.8. The maximum atomic E-state index is 5.83. The van der Waals surface area contributed by atoms with Gasteiger partial charge in [0.25, 0.3) is 0 Å². The first-order valence-electron chi connectivity index (χ1n) is 4.55. The molecular weight excluding hydrogens is 184 g/mol. The van der Waals surface area contributed by atoms with Crippen molar-refractivity contribution >= 4 is 17.4 Å². The lowest BCUT2D eigenvalue weighted by Gasteiger charge is -2.19. The van der Waals surface area contributed by atoms with E-state index < -0.39 is 0 Å². The maximum absolute atomic E-state index is 5.83. The van der Waals surface area contributed by atoms with Gasteiger partial charge in [-0.05, 0) is 18.9 Å². The molecule has 0 bridgehead atoms. The molecule has 0 aromatic carbocycles. The molecule has 0 N–H and O–H groups in total. The van der Waals surface area contributed by atoms with Crippen molar-refractivity contribution in [3.8, 4) is 0 Å². The molecule has 3 heteroatoms. The van der Waals surface area contributed by atoms with E-state index in [1.54, 1.807) is 0 Å². The molecule has 1 aliphatic carbocycles. The summed E-state index contributed by atoms with van der Waals surface area (Å²) in [7, 11) is 2.09. The number of aromatic nitrogens is 1. The molecule has 0 aliphatic heterocycles. The van der Waals surface area contributed by atoms with E-state index in [0.29, 0.717) is 11.9 Å². The summed E-state index contributed by atoms with van der Waals surface area (Å²) in [5.74, 6) is 1.58. The van der Waals surface area contributed by atoms with Crippen LogP contribution in [0.2, 0.25) is 0 Å². The Labute approximate surface area is 83.5 Å². The highest BCUT2D eigenvalue weighted by molar-refractivity contribution is 6.17. The highest BCUT2D eigenvalue weighted by Gasteiger charge is 2.27. The van der Waals surface area contributed by atoms with Crippen molar-refractivity contribution in [2.24, 2.45) is 0 Å². The van der Waals surface area contributed by atoms with Gasteiger partial charge < -0.3 is 4.90 Å². The molecule has 0 amide bonds. The molecule has 2 rings (SSSR count). The summed E-state index contributed by atoms with van der Waals surface area (Å²) in [5, 5.41) is 0. The fourth-order valence-electron chi connectivity index (χ4n) is 1.49. The Morgan fingerprint density at radius 2 is 2.38 bits per heavy atom. The van der Waals surface area contributed by atoms with Gasteiger partial charge in [-0.2, -0.15) is 0 Å². The standard InChI is InChI=1S/C10H13ClN2/c1-13(9-4-5-9)10-8(7-11)3-2-6-12-10/h2-3,6,9H,4-5,7H2,1H3. The summed E-state index contributed by atoms with van der Waals surface area (Å²) >= 11 is 5.83. The SMILES string of the molecule is CN(c1ncccc1CCl)C1CC1. The number of halogens is 1. The Morgan fingerprint density at radius 3 is 3.00 bits per heavy atom. The first kappa shape index (κ1) is 8.82. The second-order valence-electron chi connectivity index (χ2n) is 3.46. The molecule has 1 heterocycles. The van der Waals surface area contributed by atoms with Crippen LogP contribution in [0.1, 0.15) is 18.4 Å². The molecule has 1 aromatic heterocycles. The van der Waals surface area contributed by atoms with E-state index in [1.807, 2.05) is 18.3 Å². The van der Waals surface area contributed by atoms with E-state index in [0.717, 1.165) is 11.4 Å². The molecular formula is C10H13ClN2. The van der Waals surface area contributed by atoms with Crippen LogP contribution in [0.15, 0.2) is 18.3 Å². The van der Waals surface area contributed by atoms with Gasteiger partial charge in [-0.3, -0.25) is 0 Å². The molecule has 0 radical (unpaired) electrons. The summed E-state index contributed by atoms with van der Waals surface area (Å²) in [5.41, 5.74) is 1.12. The van der Waals surface area contributed by atoms with Crippen molar-refractivity contribution in [1.29, 1.82) is 0 Å². The van der Waals surface area contributed by atoms with E-state index in [2.05, 4.69) is 16.9 Å². The van der Waals surface area contributed by atoms with Crippen LogP contribution in [0.4, 0.5) is 5.82 Å². The molecule has 0 unspecified atom stereocenters. The van der Waals surface area contributed by atoms with Crippen LogP contribution in [0.5, 0.6) is 0 Å². The van der Waals surface area contributed by atoms with Gasteiger partial charge in [-0.25, -0.2) is 4.98 Å². The molecule has 2 nitrogen and oxygen atoms in total. The third-order valence-corrected chi connectivity index (χ3v) is 2.73. The van der Waals surface area contributed by atoms with Crippen LogP contribution in [0.3, 0.4) is 0 Å². The lowest BCUT2D eigenvalue weighted by Crippen LogP contribution is -2.21. The fraction of sp³-hybridized carbons (Fsp3) is 0.500. The zero-order chi connectivity index (χ0) is 9.26. The first-order chi connectivity index (χ1) is 6.33. The number of pyridine rings is 1. The summed E-state index contributed by atoms with van der Waals surface area (Å²) in [4.78, 5) is 6.59. The fourth-order valence-corrected chi connectivity index (χ4v) is 1.70. The minimum absolute atomic E-state index is 0.542. The lowest BCUT2D eigenvalue weighted by atomic mass is 10.2. The Bertz CT molecular complexity index is 297. The minimum atomic E-state index is 0.542. The predicted molar refractivity (Wildman–Crippen MR) is 55.2 cm³/mol. The number of alkyl halides is 1. The average Bonchev–Trinajstić information content (AvgIpc) is 3.00. The van der Waals surface area contributed by atoms with E-state index in [4.69, 9.17) is 11.6 Å². The van der Waals surface area contributed by atoms with Crippen LogP contribution >= 0.6 is 11.6 Å². The van der Waals surface area contributed by atoms with Crippen molar-refractivity contribution in [3.05, 3.63) is 23.9 Å². The minimum Gasteiger partial charge on any atom is -0.356 e. The van der Waals surface area contributed by atoms with E-state index in [9.17, 15) is 0 Å². The predicted octanol–water partition coefficient (Wildman–Crippen LogP) is 2.42.